The normalized spacial score (nSPS) is 21.5. The van der Waals surface area contributed by atoms with Crippen LogP contribution in [0.1, 0.15) is 47.0 Å². The summed E-state index contributed by atoms with van der Waals surface area (Å²) in [7, 11) is 0. The molecule has 0 spiro atoms. The molecule has 3 heterocycles. The van der Waals surface area contributed by atoms with Gasteiger partial charge in [-0.15, -0.1) is 11.3 Å². The third-order valence-electron chi connectivity index (χ3n) is 5.65. The molecular formula is C23H22N4S. The summed E-state index contributed by atoms with van der Waals surface area (Å²) in [4.78, 5) is 11.2. The zero-order valence-corrected chi connectivity index (χ0v) is 16.5. The van der Waals surface area contributed by atoms with Gasteiger partial charge in [0.25, 0.3) is 0 Å². The molecule has 1 aromatic carbocycles. The Morgan fingerprint density at radius 2 is 1.86 bits per heavy atom. The Morgan fingerprint density at radius 1 is 1.04 bits per heavy atom. The molecule has 1 saturated carbocycles. The second kappa shape index (κ2) is 7.29. The summed E-state index contributed by atoms with van der Waals surface area (Å²) in [5, 5.41) is 8.86. The number of fused-ring (bicyclic) bond motifs is 1. The van der Waals surface area contributed by atoms with Crippen molar-refractivity contribution in [3.63, 3.8) is 0 Å². The van der Waals surface area contributed by atoms with Gasteiger partial charge in [0.05, 0.1) is 17.6 Å². The molecule has 2 fully saturated rings. The van der Waals surface area contributed by atoms with Gasteiger partial charge in [-0.1, -0.05) is 42.9 Å². The highest BCUT2D eigenvalue weighted by Gasteiger charge is 2.45. The van der Waals surface area contributed by atoms with E-state index in [-0.39, 0.29) is 6.04 Å². The van der Waals surface area contributed by atoms with Crippen LogP contribution in [0.2, 0.25) is 0 Å². The van der Waals surface area contributed by atoms with E-state index in [2.05, 4.69) is 38.8 Å². The van der Waals surface area contributed by atoms with Crippen LogP contribution < -0.4 is 0 Å². The lowest BCUT2D eigenvalue weighted by Gasteiger charge is -2.32. The van der Waals surface area contributed by atoms with Crippen molar-refractivity contribution in [1.29, 1.82) is 5.41 Å². The Bertz CT molecular complexity index is 1000. The molecule has 0 radical (unpaired) electrons. The van der Waals surface area contributed by atoms with Crippen molar-refractivity contribution in [2.24, 2.45) is 4.99 Å². The first-order valence-corrected chi connectivity index (χ1v) is 10.7. The summed E-state index contributed by atoms with van der Waals surface area (Å²) < 4.78 is 0. The number of nitrogens with one attached hydrogen (secondary N) is 1. The Labute approximate surface area is 169 Å². The van der Waals surface area contributed by atoms with Gasteiger partial charge in [0.2, 0.25) is 0 Å². The maximum Gasteiger partial charge on any atom is 0.131 e. The highest BCUT2D eigenvalue weighted by Crippen LogP contribution is 2.44. The molecule has 0 amide bonds. The van der Waals surface area contributed by atoms with Gasteiger partial charge in [0.1, 0.15) is 17.7 Å². The van der Waals surface area contributed by atoms with Crippen LogP contribution in [0, 0.1) is 17.3 Å². The van der Waals surface area contributed by atoms with Crippen LogP contribution in [0.15, 0.2) is 59.5 Å². The van der Waals surface area contributed by atoms with Gasteiger partial charge in [0.15, 0.2) is 0 Å². The minimum absolute atomic E-state index is 0.0201. The molecule has 2 aromatic rings. The second-order valence-electron chi connectivity index (χ2n) is 7.38. The monoisotopic (exact) mass is 386 g/mol. The average Bonchev–Trinajstić information content (AvgIpc) is 3.47. The van der Waals surface area contributed by atoms with Crippen molar-refractivity contribution in [3.05, 3.63) is 69.8 Å². The van der Waals surface area contributed by atoms with Crippen LogP contribution in [-0.4, -0.2) is 34.4 Å². The molecule has 4 nitrogen and oxygen atoms in total. The lowest BCUT2D eigenvalue weighted by atomic mass is 10.1. The van der Waals surface area contributed by atoms with Gasteiger partial charge in [-0.3, -0.25) is 10.4 Å². The molecular weight excluding hydrogens is 364 g/mol. The van der Waals surface area contributed by atoms with Gasteiger partial charge in [-0.25, -0.2) is 0 Å². The fourth-order valence-corrected chi connectivity index (χ4v) is 5.29. The highest BCUT2D eigenvalue weighted by molar-refractivity contribution is 7.12. The van der Waals surface area contributed by atoms with Gasteiger partial charge >= 0.3 is 0 Å². The first kappa shape index (κ1) is 17.3. The molecule has 1 aromatic heterocycles. The largest absolute Gasteiger partial charge is 0.339 e. The Balaban J connectivity index is 1.47. The van der Waals surface area contributed by atoms with Crippen molar-refractivity contribution < 1.29 is 0 Å². The lowest BCUT2D eigenvalue weighted by molar-refractivity contribution is 0.226. The topological polar surface area (TPSA) is 42.7 Å². The molecule has 3 aliphatic rings. The summed E-state index contributed by atoms with van der Waals surface area (Å²) in [6.45, 7) is 0.691. The molecule has 140 valence electrons. The maximum atomic E-state index is 8.86. The number of amidine groups is 1. The lowest BCUT2D eigenvalue weighted by Crippen LogP contribution is -2.33. The van der Waals surface area contributed by atoms with E-state index in [1.165, 1.54) is 30.6 Å². The molecule has 1 unspecified atom stereocenters. The molecule has 1 atom stereocenters. The van der Waals surface area contributed by atoms with Crippen molar-refractivity contribution in [3.8, 4) is 11.8 Å². The predicted octanol–water partition coefficient (Wildman–Crippen LogP) is 4.61. The number of hydrogen-bond donors (Lipinski definition) is 1. The molecule has 1 N–H and O–H groups in total. The number of hydrogen-bond acceptors (Lipinski definition) is 4. The number of aliphatic imine (C=N–C) groups is 1. The molecule has 0 bridgehead atoms. The van der Waals surface area contributed by atoms with E-state index in [1.54, 1.807) is 11.3 Å². The van der Waals surface area contributed by atoms with E-state index in [0.29, 0.717) is 18.4 Å². The Kier molecular flexibility index (Phi) is 4.50. The average molecular weight is 387 g/mol. The van der Waals surface area contributed by atoms with Gasteiger partial charge in [-0.05, 0) is 37.1 Å². The van der Waals surface area contributed by atoms with Crippen molar-refractivity contribution in [1.82, 2.24) is 9.80 Å². The number of nitrogens with zero attached hydrogens (tertiary/aromatic N) is 3. The smallest absolute Gasteiger partial charge is 0.131 e. The third kappa shape index (κ3) is 3.04. The quantitative estimate of drug-likeness (QED) is 0.766. The molecule has 5 heteroatoms. The summed E-state index contributed by atoms with van der Waals surface area (Å²) in [6.07, 6.45) is 8.76. The van der Waals surface area contributed by atoms with Crippen LogP contribution >= 0.6 is 11.3 Å². The van der Waals surface area contributed by atoms with Crippen molar-refractivity contribution >= 4 is 23.4 Å². The number of rotatable bonds is 2. The van der Waals surface area contributed by atoms with Crippen LogP contribution in [0.4, 0.5) is 0 Å². The van der Waals surface area contributed by atoms with E-state index in [4.69, 9.17) is 5.41 Å². The highest BCUT2D eigenvalue weighted by atomic mass is 32.1. The summed E-state index contributed by atoms with van der Waals surface area (Å²) in [6, 6.07) is 14.8. The predicted molar refractivity (Wildman–Crippen MR) is 115 cm³/mol. The third-order valence-corrected chi connectivity index (χ3v) is 6.70. The van der Waals surface area contributed by atoms with E-state index >= 15 is 0 Å². The van der Waals surface area contributed by atoms with Crippen LogP contribution in [0.3, 0.4) is 0 Å². The summed E-state index contributed by atoms with van der Waals surface area (Å²) >= 11 is 1.71. The molecule has 2 aliphatic heterocycles. The van der Waals surface area contributed by atoms with Crippen molar-refractivity contribution in [2.45, 2.75) is 37.8 Å². The Hall–Kier alpha value is -2.84. The minimum Gasteiger partial charge on any atom is -0.339 e. The van der Waals surface area contributed by atoms with E-state index < -0.39 is 0 Å². The SMILES string of the molecule is N=C1C(c2ccc(C#Cc3ccccc3)s2)N(C2CCCC2)C2=CN=CCN12. The maximum absolute atomic E-state index is 8.86. The Morgan fingerprint density at radius 3 is 2.68 bits per heavy atom. The van der Waals surface area contributed by atoms with Crippen LogP contribution in [0.25, 0.3) is 0 Å². The van der Waals surface area contributed by atoms with E-state index in [9.17, 15) is 0 Å². The zero-order valence-electron chi connectivity index (χ0n) is 15.6. The van der Waals surface area contributed by atoms with Crippen LogP contribution in [0.5, 0.6) is 0 Å². The van der Waals surface area contributed by atoms with Crippen molar-refractivity contribution in [2.75, 3.05) is 6.54 Å². The molecule has 1 saturated heterocycles. The summed E-state index contributed by atoms with van der Waals surface area (Å²) in [5.41, 5.74) is 1.03. The van der Waals surface area contributed by atoms with Gasteiger partial charge in [-0.2, -0.15) is 0 Å². The molecule has 5 rings (SSSR count). The number of thiophene rings is 1. The fourth-order valence-electron chi connectivity index (χ4n) is 4.33. The van der Waals surface area contributed by atoms with Gasteiger partial charge < -0.3 is 9.80 Å². The first-order valence-electron chi connectivity index (χ1n) is 9.84. The minimum atomic E-state index is -0.0201. The molecule has 1 aliphatic carbocycles. The summed E-state index contributed by atoms with van der Waals surface area (Å²) in [5.74, 6) is 8.29. The second-order valence-corrected chi connectivity index (χ2v) is 8.50. The van der Waals surface area contributed by atoms with E-state index in [1.807, 2.05) is 42.7 Å². The molecule has 28 heavy (non-hydrogen) atoms. The number of benzene rings is 1. The van der Waals surface area contributed by atoms with Gasteiger partial charge in [0, 0.05) is 22.7 Å². The van der Waals surface area contributed by atoms with Crippen LogP contribution in [-0.2, 0) is 0 Å². The van der Waals surface area contributed by atoms with E-state index in [0.717, 1.165) is 16.3 Å². The first-order chi connectivity index (χ1) is 13.8. The zero-order chi connectivity index (χ0) is 18.9. The standard InChI is InChI=1S/C23H22N4S/c24-23-22(20-13-12-19(28-20)11-10-17-6-2-1-3-7-17)27(18-8-4-5-9-18)21-16-25-14-15-26(21)23/h1-3,6-7,12-14,16,18,22,24H,4-5,8-9,15H2. The fraction of sp³-hybridized carbons (Fsp3) is 0.304.